The molecule has 0 amide bonds. The van der Waals surface area contributed by atoms with Crippen LogP contribution in [0.4, 0.5) is 4.39 Å². The normalized spacial score (nSPS) is 39.2. The van der Waals surface area contributed by atoms with Crippen LogP contribution in [0.25, 0.3) is 0 Å². The molecule has 0 aromatic heterocycles. The molecule has 0 spiro atoms. The molecule has 11 heteroatoms. The first kappa shape index (κ1) is 29.1. The van der Waals surface area contributed by atoms with Crippen molar-refractivity contribution in [1.29, 1.82) is 0 Å². The summed E-state index contributed by atoms with van der Waals surface area (Å²) in [7, 11) is 0. The number of fused-ring (bicyclic) bond motifs is 5. The van der Waals surface area contributed by atoms with Gasteiger partial charge in [0, 0.05) is 16.7 Å². The number of rotatable bonds is 7. The van der Waals surface area contributed by atoms with E-state index in [9.17, 15) is 34.7 Å². The van der Waals surface area contributed by atoms with Gasteiger partial charge in [0.15, 0.2) is 18.1 Å². The molecule has 10 nitrogen and oxygen atoms in total. The number of allylic oxidation sites excluding steroid dienone is 4. The Hall–Kier alpha value is -3.44. The number of carbonyl (C=O) groups excluding carboxylic acids is 3. The van der Waals surface area contributed by atoms with Gasteiger partial charge in [0.05, 0.1) is 11.7 Å². The van der Waals surface area contributed by atoms with Gasteiger partial charge in [0.25, 0.3) is 5.09 Å². The van der Waals surface area contributed by atoms with Crippen molar-refractivity contribution in [3.63, 3.8) is 0 Å². The number of carbonyl (C=O) groups is 3. The molecular weight excluding hydrogens is 537 g/mol. The number of hydrogen-bond donors (Lipinski definition) is 2. The molecule has 4 aliphatic carbocycles. The summed E-state index contributed by atoms with van der Waals surface area (Å²) in [6, 6.07) is 5.67. The fourth-order valence-corrected chi connectivity index (χ4v) is 8.33. The van der Waals surface area contributed by atoms with Crippen molar-refractivity contribution >= 4 is 17.5 Å². The number of ketones is 2. The van der Waals surface area contributed by atoms with E-state index in [0.29, 0.717) is 30.4 Å². The molecule has 0 saturated heterocycles. The van der Waals surface area contributed by atoms with Crippen LogP contribution in [0.15, 0.2) is 48.1 Å². The number of alkyl halides is 1. The van der Waals surface area contributed by atoms with E-state index in [0.717, 1.165) is 0 Å². The second-order valence-electron chi connectivity index (χ2n) is 12.4. The van der Waals surface area contributed by atoms with E-state index in [4.69, 9.17) is 4.74 Å². The molecule has 0 radical (unpaired) electrons. The van der Waals surface area contributed by atoms with Crippen molar-refractivity contribution in [2.45, 2.75) is 70.4 Å². The van der Waals surface area contributed by atoms with E-state index in [1.807, 2.05) is 0 Å². The van der Waals surface area contributed by atoms with Crippen molar-refractivity contribution in [1.82, 2.24) is 0 Å². The summed E-state index contributed by atoms with van der Waals surface area (Å²) in [5.41, 5.74) is -5.22. The molecule has 5 rings (SSSR count). The zero-order chi connectivity index (χ0) is 30.0. The first-order valence-corrected chi connectivity index (χ1v) is 13.8. The lowest BCUT2D eigenvalue weighted by molar-refractivity contribution is -0.763. The first-order valence-electron chi connectivity index (χ1n) is 13.8. The largest absolute Gasteiger partial charge is 0.454 e. The van der Waals surface area contributed by atoms with Crippen molar-refractivity contribution in [3.8, 4) is 0 Å². The zero-order valence-electron chi connectivity index (χ0n) is 23.2. The summed E-state index contributed by atoms with van der Waals surface area (Å²) in [5.74, 6) is -3.44. The van der Waals surface area contributed by atoms with E-state index in [1.54, 1.807) is 26.8 Å². The van der Waals surface area contributed by atoms with Gasteiger partial charge in [-0.05, 0) is 74.3 Å². The molecular formula is C30H34FNO9. The van der Waals surface area contributed by atoms with Crippen molar-refractivity contribution in [3.05, 3.63) is 69.3 Å². The molecule has 2 N–H and O–H groups in total. The van der Waals surface area contributed by atoms with Crippen LogP contribution in [0.1, 0.15) is 62.4 Å². The fourth-order valence-electron chi connectivity index (χ4n) is 8.33. The Morgan fingerprint density at radius 3 is 2.54 bits per heavy atom. The minimum atomic E-state index is -2.09. The number of nitrogens with zero attached hydrogens (tertiary/aromatic N) is 1. The summed E-state index contributed by atoms with van der Waals surface area (Å²) in [6.45, 7) is 4.13. The summed E-state index contributed by atoms with van der Waals surface area (Å²) in [6.07, 6.45) is 3.85. The number of aliphatic hydroxyl groups excluding tert-OH is 1. The van der Waals surface area contributed by atoms with Gasteiger partial charge in [-0.2, -0.15) is 0 Å². The quantitative estimate of drug-likeness (QED) is 0.285. The molecule has 1 aromatic carbocycles. The SMILES string of the molecule is C[C@@H]1C[C@H]2[C@@H]3CCC4=CC(=O)C=C[C@]4(C)[C@@]3(F)[C@@H](O)C[C@]2(C)[C@@]1(O)C(=O)COC(=O)c1ccc(CO[N+](=O)[O-])cc1. The third kappa shape index (κ3) is 4.15. The number of ether oxygens (including phenoxy) is 1. The van der Waals surface area contributed by atoms with Crippen LogP contribution in [0.3, 0.4) is 0 Å². The lowest BCUT2D eigenvalue weighted by Crippen LogP contribution is -2.69. The molecule has 1 aromatic rings. The second kappa shape index (κ2) is 9.84. The van der Waals surface area contributed by atoms with Crippen LogP contribution in [-0.4, -0.2) is 56.8 Å². The summed E-state index contributed by atoms with van der Waals surface area (Å²) >= 11 is 0. The average Bonchev–Trinajstić information content (AvgIpc) is 3.13. The summed E-state index contributed by atoms with van der Waals surface area (Å²) in [5, 5.41) is 32.9. The van der Waals surface area contributed by atoms with E-state index in [1.165, 1.54) is 36.4 Å². The van der Waals surface area contributed by atoms with Gasteiger partial charge in [-0.1, -0.05) is 37.6 Å². The number of halogens is 1. The Morgan fingerprint density at radius 2 is 1.88 bits per heavy atom. The maximum absolute atomic E-state index is 17.3. The second-order valence-corrected chi connectivity index (χ2v) is 12.4. The Labute approximate surface area is 236 Å². The predicted molar refractivity (Wildman–Crippen MR) is 141 cm³/mol. The average molecular weight is 572 g/mol. The Balaban J connectivity index is 1.34. The number of Topliss-reactive ketones (excluding diaryl/α,β-unsaturated/α-hetero) is 1. The van der Waals surface area contributed by atoms with Gasteiger partial charge >= 0.3 is 5.97 Å². The van der Waals surface area contributed by atoms with E-state index in [2.05, 4.69) is 4.84 Å². The van der Waals surface area contributed by atoms with Crippen LogP contribution in [0.5, 0.6) is 0 Å². The number of esters is 1. The Morgan fingerprint density at radius 1 is 1.20 bits per heavy atom. The van der Waals surface area contributed by atoms with Gasteiger partial charge in [0.2, 0.25) is 5.78 Å². The van der Waals surface area contributed by atoms with Crippen LogP contribution < -0.4 is 0 Å². The van der Waals surface area contributed by atoms with Gasteiger partial charge < -0.3 is 19.8 Å². The molecule has 0 aliphatic heterocycles. The molecule has 3 saturated carbocycles. The van der Waals surface area contributed by atoms with Crippen LogP contribution in [-0.2, 0) is 25.8 Å². The highest BCUT2D eigenvalue weighted by atomic mass is 19.1. The van der Waals surface area contributed by atoms with E-state index < -0.39 is 69.4 Å². The molecule has 4 aliphatic rings. The van der Waals surface area contributed by atoms with Crippen molar-refractivity contribution < 1.29 is 43.6 Å². The maximum atomic E-state index is 17.3. The van der Waals surface area contributed by atoms with Gasteiger partial charge in [-0.25, -0.2) is 9.18 Å². The minimum absolute atomic E-state index is 0.104. The van der Waals surface area contributed by atoms with E-state index >= 15 is 4.39 Å². The zero-order valence-corrected chi connectivity index (χ0v) is 23.2. The highest BCUT2D eigenvalue weighted by molar-refractivity contribution is 6.01. The minimum Gasteiger partial charge on any atom is -0.454 e. The molecule has 0 bridgehead atoms. The van der Waals surface area contributed by atoms with Crippen LogP contribution >= 0.6 is 0 Å². The molecule has 41 heavy (non-hydrogen) atoms. The molecule has 0 unspecified atom stereocenters. The highest BCUT2D eigenvalue weighted by Gasteiger charge is 2.75. The molecule has 3 fully saturated rings. The third-order valence-electron chi connectivity index (χ3n) is 10.5. The lowest BCUT2D eigenvalue weighted by Gasteiger charge is -2.62. The standard InChI is InChI=1S/C30H34FNO9/c1-17-12-23-22-9-8-20-13-21(33)10-11-27(20,2)29(22,31)24(34)14-28(23,3)30(17,37)25(35)16-40-26(36)19-6-4-18(5-7-19)15-41-32(38)39/h4-7,10-11,13,17,22-24,34,37H,8-9,12,14-16H2,1-3H3/t17-,22+,23+,24+,27+,28+,29+,30+/m1/s1. The monoisotopic (exact) mass is 571 g/mol. The Kier molecular flexibility index (Phi) is 6.97. The van der Waals surface area contributed by atoms with Crippen molar-refractivity contribution in [2.24, 2.45) is 28.6 Å². The molecule has 220 valence electrons. The van der Waals surface area contributed by atoms with E-state index in [-0.39, 0.29) is 24.4 Å². The fraction of sp³-hybridized carbons (Fsp3) is 0.567. The lowest BCUT2D eigenvalue weighted by atomic mass is 9.44. The molecule has 8 atom stereocenters. The summed E-state index contributed by atoms with van der Waals surface area (Å²) < 4.78 is 22.5. The number of benzene rings is 1. The topological polar surface area (TPSA) is 153 Å². The van der Waals surface area contributed by atoms with Gasteiger partial charge in [-0.15, -0.1) is 10.1 Å². The maximum Gasteiger partial charge on any atom is 0.338 e. The number of aliphatic hydroxyl groups is 2. The smallest absolute Gasteiger partial charge is 0.338 e. The molecule has 0 heterocycles. The first-order chi connectivity index (χ1) is 19.2. The predicted octanol–water partition coefficient (Wildman–Crippen LogP) is 3.47. The third-order valence-corrected chi connectivity index (χ3v) is 10.5. The highest BCUT2D eigenvalue weighted by Crippen LogP contribution is 2.70. The van der Waals surface area contributed by atoms with Crippen molar-refractivity contribution in [2.75, 3.05) is 6.61 Å². The number of hydrogen-bond acceptors (Lipinski definition) is 9. The Bertz CT molecular complexity index is 1360. The summed E-state index contributed by atoms with van der Waals surface area (Å²) in [4.78, 5) is 52.9. The van der Waals surface area contributed by atoms with Crippen LogP contribution in [0, 0.1) is 38.7 Å². The van der Waals surface area contributed by atoms with Crippen LogP contribution in [0.2, 0.25) is 0 Å². The van der Waals surface area contributed by atoms with Gasteiger partial charge in [-0.3, -0.25) is 9.59 Å². The van der Waals surface area contributed by atoms with Gasteiger partial charge in [0.1, 0.15) is 12.2 Å².